The number of hydrogen-bond acceptors (Lipinski definition) is 3. The van der Waals surface area contributed by atoms with Gasteiger partial charge in [-0.05, 0) is 12.8 Å². The fourth-order valence-corrected chi connectivity index (χ4v) is 3.85. The maximum absolute atomic E-state index is 10.9. The molecule has 1 rings (SSSR count). The smallest absolute Gasteiger partial charge is 0.258 e. The van der Waals surface area contributed by atoms with Crippen molar-refractivity contribution in [3.8, 4) is 0 Å². The molecule has 0 amide bonds. The van der Waals surface area contributed by atoms with E-state index in [1.165, 1.54) is 18.2 Å². The summed E-state index contributed by atoms with van der Waals surface area (Å²) in [5.74, 6) is 0. The summed E-state index contributed by atoms with van der Waals surface area (Å²) in [5.41, 5.74) is -0.422. The Hall–Kier alpha value is 0.390. The van der Waals surface area contributed by atoms with Crippen LogP contribution in [0.4, 0.5) is 0 Å². The molecule has 0 unspecified atom stereocenters. The van der Waals surface area contributed by atoms with Crippen molar-refractivity contribution in [2.75, 3.05) is 0 Å². The van der Waals surface area contributed by atoms with Gasteiger partial charge in [-0.15, -0.1) is 11.8 Å². The molecule has 0 aliphatic heterocycles. The standard InChI is InChI=1S/C10H11Cl4NO2S/c11-7(9(12)13)8(15(16)17)10(14)18-6-4-2-1-3-5-6/h6H,1-5H2/b10-8-. The van der Waals surface area contributed by atoms with E-state index >= 15 is 0 Å². The topological polar surface area (TPSA) is 43.1 Å². The van der Waals surface area contributed by atoms with Crippen LogP contribution < -0.4 is 0 Å². The van der Waals surface area contributed by atoms with E-state index in [1.54, 1.807) is 0 Å². The van der Waals surface area contributed by atoms with E-state index in [2.05, 4.69) is 0 Å². The normalized spacial score (nSPS) is 18.2. The lowest BCUT2D eigenvalue weighted by molar-refractivity contribution is -0.419. The van der Waals surface area contributed by atoms with E-state index in [-0.39, 0.29) is 13.9 Å². The first-order chi connectivity index (χ1) is 8.43. The van der Waals surface area contributed by atoms with Crippen LogP contribution in [0, 0.1) is 10.1 Å². The van der Waals surface area contributed by atoms with Gasteiger partial charge in [0.05, 0.1) is 4.92 Å². The minimum absolute atomic E-state index is 0.0377. The number of hydrogen-bond donors (Lipinski definition) is 0. The van der Waals surface area contributed by atoms with Gasteiger partial charge in [-0.25, -0.2) is 0 Å². The predicted molar refractivity (Wildman–Crippen MR) is 78.9 cm³/mol. The van der Waals surface area contributed by atoms with Gasteiger partial charge in [-0.2, -0.15) is 0 Å². The Kier molecular flexibility index (Phi) is 7.17. The third-order valence-electron chi connectivity index (χ3n) is 2.56. The van der Waals surface area contributed by atoms with E-state index in [1.807, 2.05) is 0 Å². The molecule has 102 valence electrons. The van der Waals surface area contributed by atoms with Crippen molar-refractivity contribution in [1.29, 1.82) is 0 Å². The molecule has 0 bridgehead atoms. The number of rotatable bonds is 4. The molecular formula is C10H11Cl4NO2S. The fraction of sp³-hybridized carbons (Fsp3) is 0.600. The van der Waals surface area contributed by atoms with Crippen molar-refractivity contribution in [1.82, 2.24) is 0 Å². The summed E-state index contributed by atoms with van der Waals surface area (Å²) in [6.07, 6.45) is 5.45. The van der Waals surface area contributed by atoms with Crippen molar-refractivity contribution >= 4 is 58.2 Å². The van der Waals surface area contributed by atoms with Gasteiger partial charge in [0.25, 0.3) is 0 Å². The third-order valence-corrected chi connectivity index (χ3v) is 5.16. The van der Waals surface area contributed by atoms with Crippen LogP contribution in [0.15, 0.2) is 19.6 Å². The van der Waals surface area contributed by atoms with Crippen LogP contribution in [0.3, 0.4) is 0 Å². The highest BCUT2D eigenvalue weighted by Gasteiger charge is 2.27. The molecule has 0 spiro atoms. The SMILES string of the molecule is O=[N+]([O-])/C(C(Cl)=C(Cl)Cl)=C(/Cl)SC1CCCCC1. The van der Waals surface area contributed by atoms with Crippen LogP contribution in [-0.2, 0) is 0 Å². The summed E-state index contributed by atoms with van der Waals surface area (Å²) < 4.78 is -0.318. The zero-order valence-electron chi connectivity index (χ0n) is 9.30. The molecule has 0 saturated heterocycles. The Morgan fingerprint density at radius 3 is 2.11 bits per heavy atom. The Labute approximate surface area is 130 Å². The largest absolute Gasteiger partial charge is 0.315 e. The molecule has 3 nitrogen and oxygen atoms in total. The Morgan fingerprint density at radius 1 is 1.11 bits per heavy atom. The zero-order chi connectivity index (χ0) is 13.7. The summed E-state index contributed by atoms with van der Waals surface area (Å²) in [6.45, 7) is 0. The number of thioether (sulfide) groups is 1. The van der Waals surface area contributed by atoms with Crippen LogP contribution in [-0.4, -0.2) is 10.2 Å². The van der Waals surface area contributed by atoms with Gasteiger partial charge >= 0.3 is 5.70 Å². The molecule has 0 aromatic carbocycles. The first-order valence-electron chi connectivity index (χ1n) is 5.35. The second-order valence-electron chi connectivity index (χ2n) is 3.83. The molecule has 0 aromatic rings. The zero-order valence-corrected chi connectivity index (χ0v) is 13.1. The molecule has 0 atom stereocenters. The molecule has 1 fully saturated rings. The van der Waals surface area contributed by atoms with Crippen LogP contribution in [0.5, 0.6) is 0 Å². The quantitative estimate of drug-likeness (QED) is 0.375. The third kappa shape index (κ3) is 4.82. The second-order valence-corrected chi connectivity index (χ2v) is 7.07. The van der Waals surface area contributed by atoms with Crippen LogP contribution in [0.2, 0.25) is 0 Å². The van der Waals surface area contributed by atoms with E-state index in [0.717, 1.165) is 25.7 Å². The van der Waals surface area contributed by atoms with Crippen molar-refractivity contribution in [2.24, 2.45) is 0 Å². The number of allylic oxidation sites excluding steroid dienone is 1. The first-order valence-corrected chi connectivity index (χ1v) is 7.74. The van der Waals surface area contributed by atoms with Gasteiger partial charge in [-0.1, -0.05) is 65.7 Å². The van der Waals surface area contributed by atoms with Crippen LogP contribution >= 0.6 is 58.2 Å². The summed E-state index contributed by atoms with van der Waals surface area (Å²) in [5, 5.41) is 10.9. The Balaban J connectivity index is 2.90. The minimum Gasteiger partial charge on any atom is -0.258 e. The molecule has 1 aliphatic carbocycles. The van der Waals surface area contributed by atoms with Gasteiger partial charge < -0.3 is 0 Å². The highest BCUT2D eigenvalue weighted by atomic mass is 35.5. The molecule has 1 saturated carbocycles. The predicted octanol–water partition coefficient (Wildman–Crippen LogP) is 5.62. The lowest BCUT2D eigenvalue weighted by Crippen LogP contribution is -2.09. The summed E-state index contributed by atoms with van der Waals surface area (Å²) in [6, 6.07) is 0. The summed E-state index contributed by atoms with van der Waals surface area (Å²) >= 11 is 23.9. The lowest BCUT2D eigenvalue weighted by atomic mass is 10.0. The number of nitro groups is 1. The molecule has 0 aromatic heterocycles. The van der Waals surface area contributed by atoms with Crippen molar-refractivity contribution < 1.29 is 4.92 Å². The molecule has 1 aliphatic rings. The maximum Gasteiger partial charge on any atom is 0.315 e. The molecular weight excluding hydrogens is 340 g/mol. The molecule has 0 radical (unpaired) electrons. The molecule has 0 N–H and O–H groups in total. The fourth-order valence-electron chi connectivity index (χ4n) is 1.71. The van der Waals surface area contributed by atoms with E-state index in [0.29, 0.717) is 5.25 Å². The van der Waals surface area contributed by atoms with Gasteiger partial charge in [0.15, 0.2) is 9.40 Å². The van der Waals surface area contributed by atoms with Crippen molar-refractivity contribution in [2.45, 2.75) is 37.4 Å². The average Bonchev–Trinajstić information content (AvgIpc) is 2.29. The van der Waals surface area contributed by atoms with E-state index in [9.17, 15) is 10.1 Å². The Bertz CT molecular complexity index is 387. The van der Waals surface area contributed by atoms with Gasteiger partial charge in [0.2, 0.25) is 0 Å². The number of halogens is 4. The van der Waals surface area contributed by atoms with Gasteiger partial charge in [-0.3, -0.25) is 10.1 Å². The minimum atomic E-state index is -0.661. The lowest BCUT2D eigenvalue weighted by Gasteiger charge is -2.20. The van der Waals surface area contributed by atoms with E-state index in [4.69, 9.17) is 46.4 Å². The highest BCUT2D eigenvalue weighted by Crippen LogP contribution is 2.39. The van der Waals surface area contributed by atoms with Gasteiger partial charge in [0.1, 0.15) is 4.49 Å². The van der Waals surface area contributed by atoms with Crippen molar-refractivity contribution in [3.63, 3.8) is 0 Å². The molecule has 0 heterocycles. The monoisotopic (exact) mass is 349 g/mol. The second kappa shape index (κ2) is 7.85. The van der Waals surface area contributed by atoms with Gasteiger partial charge in [0, 0.05) is 5.25 Å². The Morgan fingerprint density at radius 2 is 1.67 bits per heavy atom. The van der Waals surface area contributed by atoms with Crippen LogP contribution in [0.25, 0.3) is 0 Å². The van der Waals surface area contributed by atoms with Crippen LogP contribution in [0.1, 0.15) is 32.1 Å². The maximum atomic E-state index is 10.9. The average molecular weight is 351 g/mol. The number of nitrogens with zero attached hydrogens (tertiary/aromatic N) is 1. The van der Waals surface area contributed by atoms with Crippen molar-refractivity contribution in [3.05, 3.63) is 29.7 Å². The van der Waals surface area contributed by atoms with E-state index < -0.39 is 10.6 Å². The first kappa shape index (κ1) is 16.4. The molecule has 8 heteroatoms. The highest BCUT2D eigenvalue weighted by molar-refractivity contribution is 8.05. The summed E-state index contributed by atoms with van der Waals surface area (Å²) in [4.78, 5) is 10.3. The molecule has 18 heavy (non-hydrogen) atoms. The summed E-state index contributed by atoms with van der Waals surface area (Å²) in [7, 11) is 0.